The Morgan fingerprint density at radius 2 is 1.85 bits per heavy atom. The first kappa shape index (κ1) is 16.2. The quantitative estimate of drug-likeness (QED) is 0.680. The fourth-order valence-electron chi connectivity index (χ4n) is 1.79. The Hall–Kier alpha value is -1.88. The molecule has 0 aliphatic heterocycles. The van der Waals surface area contributed by atoms with Crippen LogP contribution >= 0.6 is 0 Å². The maximum Gasteiger partial charge on any atom is 0.321 e. The summed E-state index contributed by atoms with van der Waals surface area (Å²) in [6.45, 7) is 4.58. The molecule has 20 heavy (non-hydrogen) atoms. The van der Waals surface area contributed by atoms with E-state index in [2.05, 4.69) is 17.6 Å². The number of benzene rings is 1. The van der Waals surface area contributed by atoms with Crippen LogP contribution in [0.3, 0.4) is 0 Å². The molecule has 1 aromatic carbocycles. The molecule has 1 amide bonds. The largest absolute Gasteiger partial charge is 0.480 e. The van der Waals surface area contributed by atoms with Crippen LogP contribution in [0.4, 0.5) is 5.69 Å². The lowest BCUT2D eigenvalue weighted by molar-refractivity contribution is -0.141. The summed E-state index contributed by atoms with van der Waals surface area (Å²) in [5, 5.41) is 14.6. The van der Waals surface area contributed by atoms with Gasteiger partial charge >= 0.3 is 5.97 Å². The molecule has 0 unspecified atom stereocenters. The van der Waals surface area contributed by atoms with Gasteiger partial charge in [0.1, 0.15) is 6.04 Å². The summed E-state index contributed by atoms with van der Waals surface area (Å²) in [6.07, 6.45) is 1.69. The maximum absolute atomic E-state index is 11.8. The standard InChI is InChI=1S/C15H22N2O3/c1-3-9-16-13(15(19)20)10-14(18)17-12-7-5-11(4-2)6-8-12/h5-8,13,16H,3-4,9-10H2,1-2H3,(H,17,18)(H,19,20)/t13-/m1/s1. The van der Waals surface area contributed by atoms with E-state index >= 15 is 0 Å². The normalized spacial score (nSPS) is 11.9. The van der Waals surface area contributed by atoms with Gasteiger partial charge in [0.05, 0.1) is 6.42 Å². The summed E-state index contributed by atoms with van der Waals surface area (Å²) in [5.74, 6) is -1.31. The van der Waals surface area contributed by atoms with Crippen LogP contribution in [0.15, 0.2) is 24.3 Å². The molecule has 0 saturated carbocycles. The molecule has 1 aromatic rings. The third kappa shape index (κ3) is 5.40. The minimum Gasteiger partial charge on any atom is -0.480 e. The topological polar surface area (TPSA) is 78.4 Å². The Balaban J connectivity index is 2.53. The van der Waals surface area contributed by atoms with Crippen molar-refractivity contribution in [3.8, 4) is 0 Å². The summed E-state index contributed by atoms with van der Waals surface area (Å²) < 4.78 is 0. The van der Waals surface area contributed by atoms with Gasteiger partial charge in [-0.1, -0.05) is 26.0 Å². The van der Waals surface area contributed by atoms with Crippen molar-refractivity contribution in [2.75, 3.05) is 11.9 Å². The molecule has 0 aliphatic rings. The number of hydrogen-bond donors (Lipinski definition) is 3. The van der Waals surface area contributed by atoms with E-state index in [-0.39, 0.29) is 12.3 Å². The lowest BCUT2D eigenvalue weighted by Gasteiger charge is -2.13. The highest BCUT2D eigenvalue weighted by molar-refractivity contribution is 5.94. The van der Waals surface area contributed by atoms with E-state index in [1.807, 2.05) is 31.2 Å². The molecule has 0 heterocycles. The number of aliphatic carboxylic acids is 1. The minimum absolute atomic E-state index is 0.0785. The Morgan fingerprint density at radius 3 is 2.35 bits per heavy atom. The van der Waals surface area contributed by atoms with E-state index < -0.39 is 12.0 Å². The summed E-state index contributed by atoms with van der Waals surface area (Å²) in [6, 6.07) is 6.70. The highest BCUT2D eigenvalue weighted by Crippen LogP contribution is 2.10. The number of aryl methyl sites for hydroxylation is 1. The monoisotopic (exact) mass is 278 g/mol. The van der Waals surface area contributed by atoms with Crippen molar-refractivity contribution in [1.82, 2.24) is 5.32 Å². The number of carboxylic acid groups (broad SMARTS) is 1. The molecule has 0 fully saturated rings. The van der Waals surface area contributed by atoms with E-state index in [0.29, 0.717) is 12.2 Å². The van der Waals surface area contributed by atoms with Crippen molar-refractivity contribution in [2.24, 2.45) is 0 Å². The molecule has 0 saturated heterocycles. The molecule has 110 valence electrons. The van der Waals surface area contributed by atoms with Crippen LogP contribution in [0.1, 0.15) is 32.3 Å². The van der Waals surface area contributed by atoms with Crippen LogP contribution < -0.4 is 10.6 Å². The summed E-state index contributed by atoms with van der Waals surface area (Å²) in [7, 11) is 0. The fraction of sp³-hybridized carbons (Fsp3) is 0.467. The minimum atomic E-state index is -1.00. The molecule has 0 spiro atoms. The molecule has 5 heteroatoms. The second-order valence-electron chi connectivity index (χ2n) is 4.65. The molecular formula is C15H22N2O3. The van der Waals surface area contributed by atoms with Gasteiger partial charge in [0.15, 0.2) is 0 Å². The fourth-order valence-corrected chi connectivity index (χ4v) is 1.79. The summed E-state index contributed by atoms with van der Waals surface area (Å²) in [4.78, 5) is 22.9. The van der Waals surface area contributed by atoms with Crippen molar-refractivity contribution in [3.63, 3.8) is 0 Å². The Bertz CT molecular complexity index is 443. The summed E-state index contributed by atoms with van der Waals surface area (Å²) in [5.41, 5.74) is 1.88. The van der Waals surface area contributed by atoms with E-state index in [4.69, 9.17) is 5.11 Å². The van der Waals surface area contributed by atoms with Crippen LogP contribution in [-0.2, 0) is 16.0 Å². The van der Waals surface area contributed by atoms with Gasteiger partial charge in [-0.2, -0.15) is 0 Å². The zero-order valence-corrected chi connectivity index (χ0v) is 12.0. The third-order valence-corrected chi connectivity index (χ3v) is 2.97. The molecule has 5 nitrogen and oxygen atoms in total. The number of amides is 1. The average Bonchev–Trinajstić information content (AvgIpc) is 2.44. The zero-order chi connectivity index (χ0) is 15.0. The first-order valence-electron chi connectivity index (χ1n) is 6.91. The molecule has 0 aliphatic carbocycles. The van der Waals surface area contributed by atoms with Crippen LogP contribution in [0.25, 0.3) is 0 Å². The first-order valence-corrected chi connectivity index (χ1v) is 6.91. The molecule has 1 atom stereocenters. The van der Waals surface area contributed by atoms with Gasteiger partial charge in [-0.3, -0.25) is 9.59 Å². The lowest BCUT2D eigenvalue weighted by atomic mass is 10.1. The number of nitrogens with one attached hydrogen (secondary N) is 2. The van der Waals surface area contributed by atoms with Gasteiger partial charge in [-0.05, 0) is 37.1 Å². The van der Waals surface area contributed by atoms with Gasteiger partial charge < -0.3 is 15.7 Å². The van der Waals surface area contributed by atoms with Crippen LogP contribution in [0.2, 0.25) is 0 Å². The molecular weight excluding hydrogens is 256 g/mol. The van der Waals surface area contributed by atoms with Gasteiger partial charge in [0.2, 0.25) is 5.91 Å². The van der Waals surface area contributed by atoms with Crippen molar-refractivity contribution in [1.29, 1.82) is 0 Å². The van der Waals surface area contributed by atoms with E-state index in [9.17, 15) is 9.59 Å². The van der Waals surface area contributed by atoms with E-state index in [0.717, 1.165) is 12.8 Å². The second-order valence-corrected chi connectivity index (χ2v) is 4.65. The molecule has 0 radical (unpaired) electrons. The van der Waals surface area contributed by atoms with Gasteiger partial charge in [-0.25, -0.2) is 0 Å². The van der Waals surface area contributed by atoms with Crippen molar-refractivity contribution >= 4 is 17.6 Å². The molecule has 1 rings (SSSR count). The van der Waals surface area contributed by atoms with Gasteiger partial charge in [0.25, 0.3) is 0 Å². The third-order valence-electron chi connectivity index (χ3n) is 2.97. The zero-order valence-electron chi connectivity index (χ0n) is 12.0. The van der Waals surface area contributed by atoms with Crippen molar-refractivity contribution < 1.29 is 14.7 Å². The molecule has 0 aromatic heterocycles. The molecule has 0 bridgehead atoms. The number of carbonyl (C=O) groups is 2. The Kier molecular flexibility index (Phi) is 6.73. The number of anilines is 1. The highest BCUT2D eigenvalue weighted by Gasteiger charge is 2.20. The predicted molar refractivity (Wildman–Crippen MR) is 78.8 cm³/mol. The van der Waals surface area contributed by atoms with E-state index in [1.54, 1.807) is 0 Å². The molecule has 3 N–H and O–H groups in total. The number of hydrogen-bond acceptors (Lipinski definition) is 3. The maximum atomic E-state index is 11.8. The summed E-state index contributed by atoms with van der Waals surface area (Å²) >= 11 is 0. The highest BCUT2D eigenvalue weighted by atomic mass is 16.4. The number of carboxylic acids is 1. The smallest absolute Gasteiger partial charge is 0.321 e. The van der Waals surface area contributed by atoms with Crippen molar-refractivity contribution in [3.05, 3.63) is 29.8 Å². The first-order chi connectivity index (χ1) is 9.56. The van der Waals surface area contributed by atoms with Gasteiger partial charge in [0, 0.05) is 5.69 Å². The lowest BCUT2D eigenvalue weighted by Crippen LogP contribution is -2.40. The van der Waals surface area contributed by atoms with Crippen molar-refractivity contribution in [2.45, 2.75) is 39.2 Å². The number of rotatable bonds is 8. The van der Waals surface area contributed by atoms with Gasteiger partial charge in [-0.15, -0.1) is 0 Å². The average molecular weight is 278 g/mol. The Morgan fingerprint density at radius 1 is 1.20 bits per heavy atom. The second kappa shape index (κ2) is 8.32. The van der Waals surface area contributed by atoms with E-state index in [1.165, 1.54) is 5.56 Å². The predicted octanol–water partition coefficient (Wildman–Crippen LogP) is 2.03. The van der Waals surface area contributed by atoms with Crippen LogP contribution in [0, 0.1) is 0 Å². The SMILES string of the molecule is CCCN[C@H](CC(=O)Nc1ccc(CC)cc1)C(=O)O. The number of carbonyl (C=O) groups excluding carboxylic acids is 1. The van der Waals surface area contributed by atoms with Crippen LogP contribution in [-0.4, -0.2) is 29.6 Å². The Labute approximate surface area is 119 Å². The van der Waals surface area contributed by atoms with Crippen LogP contribution in [0.5, 0.6) is 0 Å².